The molecule has 0 spiro atoms. The summed E-state index contributed by atoms with van der Waals surface area (Å²) in [7, 11) is 0. The molecule has 152 valence electrons. The van der Waals surface area contributed by atoms with Crippen molar-refractivity contribution in [2.75, 3.05) is 13.1 Å². The Morgan fingerprint density at radius 3 is 2.83 bits per heavy atom. The highest BCUT2D eigenvalue weighted by atomic mass is 19.3. The minimum atomic E-state index is -3.07. The summed E-state index contributed by atoms with van der Waals surface area (Å²) in [5, 5.41) is 5.05. The van der Waals surface area contributed by atoms with Gasteiger partial charge >= 0.3 is 0 Å². The van der Waals surface area contributed by atoms with Crippen molar-refractivity contribution in [3.05, 3.63) is 72.6 Å². The van der Waals surface area contributed by atoms with Gasteiger partial charge in [-0.05, 0) is 30.3 Å². The second-order valence-electron chi connectivity index (χ2n) is 7.29. The number of aromatic nitrogens is 3. The van der Waals surface area contributed by atoms with E-state index < -0.39 is 18.4 Å². The Morgan fingerprint density at radius 2 is 1.93 bits per heavy atom. The zero-order valence-corrected chi connectivity index (χ0v) is 15.9. The molecule has 1 aliphatic rings. The Hall–Kier alpha value is -3.55. The van der Waals surface area contributed by atoms with Gasteiger partial charge in [0.05, 0.1) is 23.8 Å². The maximum absolute atomic E-state index is 14.6. The number of fused-ring (bicyclic) bond motifs is 2. The van der Waals surface area contributed by atoms with Crippen LogP contribution in [0.1, 0.15) is 16.9 Å². The standard InChI is InChI=1S/C22H18F2N4O2/c23-22(24)11-13-27(21(29)18-7-3-5-16-10-12-25-28(16)18)14-19(22)30-20-9-8-15-4-1-2-6-17(15)26-20/h1-10,12,19H,11,13-14H2. The van der Waals surface area contributed by atoms with E-state index in [1.807, 2.05) is 24.3 Å². The van der Waals surface area contributed by atoms with E-state index in [1.165, 1.54) is 9.42 Å². The van der Waals surface area contributed by atoms with Crippen LogP contribution in [0.15, 0.2) is 66.9 Å². The van der Waals surface area contributed by atoms with Gasteiger partial charge in [0.15, 0.2) is 6.10 Å². The maximum atomic E-state index is 14.6. The summed E-state index contributed by atoms with van der Waals surface area (Å²) in [6, 6.07) is 17.7. The number of carbonyl (C=O) groups is 1. The molecule has 1 unspecified atom stereocenters. The monoisotopic (exact) mass is 408 g/mol. The summed E-state index contributed by atoms with van der Waals surface area (Å²) >= 11 is 0. The molecular weight excluding hydrogens is 390 g/mol. The van der Waals surface area contributed by atoms with Gasteiger partial charge in [-0.15, -0.1) is 0 Å². The summed E-state index contributed by atoms with van der Waals surface area (Å²) < 4.78 is 36.3. The third kappa shape index (κ3) is 3.24. The lowest BCUT2D eigenvalue weighted by Gasteiger charge is -2.37. The Morgan fingerprint density at radius 1 is 1.07 bits per heavy atom. The minimum Gasteiger partial charge on any atom is -0.466 e. The number of ether oxygens (including phenoxy) is 1. The first kappa shape index (κ1) is 18.5. The molecule has 0 aliphatic carbocycles. The molecule has 1 atom stereocenters. The number of piperidine rings is 1. The van der Waals surface area contributed by atoms with Crippen molar-refractivity contribution >= 4 is 22.3 Å². The predicted octanol–water partition coefficient (Wildman–Crippen LogP) is 3.81. The molecule has 4 aromatic rings. The molecule has 1 saturated heterocycles. The number of pyridine rings is 2. The van der Waals surface area contributed by atoms with Crippen LogP contribution >= 0.6 is 0 Å². The van der Waals surface area contributed by atoms with Crippen LogP contribution in [-0.4, -0.2) is 50.5 Å². The number of alkyl halides is 2. The van der Waals surface area contributed by atoms with Crippen LogP contribution in [0.5, 0.6) is 5.88 Å². The zero-order chi connectivity index (χ0) is 20.7. The maximum Gasteiger partial charge on any atom is 0.287 e. The number of halogens is 2. The molecule has 1 aromatic carbocycles. The fourth-order valence-electron chi connectivity index (χ4n) is 3.71. The average molecular weight is 408 g/mol. The van der Waals surface area contributed by atoms with Crippen LogP contribution in [0, 0.1) is 0 Å². The van der Waals surface area contributed by atoms with Crippen molar-refractivity contribution < 1.29 is 18.3 Å². The largest absolute Gasteiger partial charge is 0.466 e. The number of amides is 1. The van der Waals surface area contributed by atoms with Crippen LogP contribution in [-0.2, 0) is 0 Å². The van der Waals surface area contributed by atoms with E-state index in [4.69, 9.17) is 4.74 Å². The highest BCUT2D eigenvalue weighted by Gasteiger charge is 2.47. The Kier molecular flexibility index (Phi) is 4.34. The first-order valence-corrected chi connectivity index (χ1v) is 9.64. The smallest absolute Gasteiger partial charge is 0.287 e. The van der Waals surface area contributed by atoms with Gasteiger partial charge in [-0.3, -0.25) is 4.79 Å². The van der Waals surface area contributed by atoms with E-state index in [-0.39, 0.29) is 24.9 Å². The quantitative estimate of drug-likeness (QED) is 0.517. The van der Waals surface area contributed by atoms with E-state index in [9.17, 15) is 13.6 Å². The summed E-state index contributed by atoms with van der Waals surface area (Å²) in [5.74, 6) is -3.32. The number of hydrogen-bond acceptors (Lipinski definition) is 4. The van der Waals surface area contributed by atoms with E-state index >= 15 is 0 Å². The Labute approximate surface area is 170 Å². The number of nitrogens with zero attached hydrogens (tertiary/aromatic N) is 4. The fourth-order valence-corrected chi connectivity index (χ4v) is 3.71. The normalized spacial score (nSPS) is 18.6. The second-order valence-corrected chi connectivity index (χ2v) is 7.29. The van der Waals surface area contributed by atoms with Crippen molar-refractivity contribution in [2.24, 2.45) is 0 Å². The van der Waals surface area contributed by atoms with Crippen LogP contribution in [0.4, 0.5) is 8.78 Å². The molecular formula is C22H18F2N4O2. The first-order valence-electron chi connectivity index (χ1n) is 9.64. The second kappa shape index (κ2) is 7.05. The van der Waals surface area contributed by atoms with Crippen LogP contribution < -0.4 is 4.74 Å². The van der Waals surface area contributed by atoms with Crippen molar-refractivity contribution in [3.63, 3.8) is 0 Å². The molecule has 5 rings (SSSR count). The fraction of sp³-hybridized carbons (Fsp3) is 0.227. The summed E-state index contributed by atoms with van der Waals surface area (Å²) in [6.45, 7) is -0.299. The Bertz CT molecular complexity index is 1240. The van der Waals surface area contributed by atoms with Crippen molar-refractivity contribution in [2.45, 2.75) is 18.4 Å². The number of benzene rings is 1. The van der Waals surface area contributed by atoms with Crippen molar-refractivity contribution in [1.29, 1.82) is 0 Å². The van der Waals surface area contributed by atoms with Gasteiger partial charge in [0.1, 0.15) is 5.69 Å². The third-order valence-electron chi connectivity index (χ3n) is 5.34. The first-order chi connectivity index (χ1) is 14.5. The number of carbonyl (C=O) groups excluding carboxylic acids is 1. The number of hydrogen-bond donors (Lipinski definition) is 0. The SMILES string of the molecule is O=C(c1cccc2ccnn12)N1CCC(F)(F)C(Oc2ccc3ccccc3n2)C1. The molecule has 1 amide bonds. The van der Waals surface area contributed by atoms with E-state index in [0.717, 1.165) is 10.9 Å². The molecule has 3 aromatic heterocycles. The topological polar surface area (TPSA) is 59.7 Å². The minimum absolute atomic E-state index is 0.0610. The average Bonchev–Trinajstić information content (AvgIpc) is 3.23. The van der Waals surface area contributed by atoms with Crippen molar-refractivity contribution in [1.82, 2.24) is 19.5 Å². The highest BCUT2D eigenvalue weighted by Crippen LogP contribution is 2.32. The van der Waals surface area contributed by atoms with Gasteiger partial charge in [-0.2, -0.15) is 5.10 Å². The highest BCUT2D eigenvalue weighted by molar-refractivity contribution is 5.93. The molecule has 30 heavy (non-hydrogen) atoms. The molecule has 6 nitrogen and oxygen atoms in total. The molecule has 0 saturated carbocycles. The van der Waals surface area contributed by atoms with E-state index in [2.05, 4.69) is 10.1 Å². The summed E-state index contributed by atoms with van der Waals surface area (Å²) in [6.07, 6.45) is -0.375. The van der Waals surface area contributed by atoms with Gasteiger partial charge in [-0.1, -0.05) is 24.3 Å². The van der Waals surface area contributed by atoms with Crippen LogP contribution in [0.2, 0.25) is 0 Å². The zero-order valence-electron chi connectivity index (χ0n) is 15.9. The number of rotatable bonds is 3. The summed E-state index contributed by atoms with van der Waals surface area (Å²) in [5.41, 5.74) is 1.74. The van der Waals surface area contributed by atoms with E-state index in [1.54, 1.807) is 42.6 Å². The summed E-state index contributed by atoms with van der Waals surface area (Å²) in [4.78, 5) is 18.8. The van der Waals surface area contributed by atoms with E-state index in [0.29, 0.717) is 11.2 Å². The molecule has 1 aliphatic heterocycles. The third-order valence-corrected chi connectivity index (χ3v) is 5.34. The molecule has 1 fully saturated rings. The molecule has 8 heteroatoms. The van der Waals surface area contributed by atoms with Gasteiger partial charge in [0.25, 0.3) is 11.8 Å². The lowest BCUT2D eigenvalue weighted by atomic mass is 10.0. The lowest BCUT2D eigenvalue weighted by molar-refractivity contribution is -0.131. The van der Waals surface area contributed by atoms with Crippen LogP contribution in [0.3, 0.4) is 0 Å². The molecule has 0 N–H and O–H groups in total. The van der Waals surface area contributed by atoms with Gasteiger partial charge in [0.2, 0.25) is 5.88 Å². The van der Waals surface area contributed by atoms with Gasteiger partial charge in [-0.25, -0.2) is 18.3 Å². The predicted molar refractivity (Wildman–Crippen MR) is 107 cm³/mol. The van der Waals surface area contributed by atoms with Crippen molar-refractivity contribution in [3.8, 4) is 5.88 Å². The molecule has 0 radical (unpaired) electrons. The number of likely N-dealkylation sites (tertiary alicyclic amines) is 1. The number of para-hydroxylation sites is 1. The lowest BCUT2D eigenvalue weighted by Crippen LogP contribution is -2.55. The molecule has 4 heterocycles. The molecule has 0 bridgehead atoms. The van der Waals surface area contributed by atoms with Gasteiger partial charge < -0.3 is 9.64 Å². The van der Waals surface area contributed by atoms with Gasteiger partial charge in [0, 0.05) is 24.4 Å². The van der Waals surface area contributed by atoms with Crippen LogP contribution in [0.25, 0.3) is 16.4 Å². The Balaban J connectivity index is 1.40.